The third kappa shape index (κ3) is 4.14. The van der Waals surface area contributed by atoms with Gasteiger partial charge in [0.2, 0.25) is 0 Å². The summed E-state index contributed by atoms with van der Waals surface area (Å²) in [5.41, 5.74) is 12.0. The molecule has 0 aliphatic heterocycles. The number of aryl methyl sites for hydroxylation is 1. The van der Waals surface area contributed by atoms with Crippen LogP contribution in [0.3, 0.4) is 0 Å². The predicted octanol–water partition coefficient (Wildman–Crippen LogP) is 4.54. The van der Waals surface area contributed by atoms with E-state index in [1.54, 1.807) is 16.8 Å². The molecule has 6 rings (SSSR count). The standard InChI is InChI=1S/C29H27N5O3/c1-17-11-25-31-14-21-13-24(20-5-4-6-23(12-20)37-18(2)35)26(32-27(21)34(25)33-17)19-7-9-22(10-8-19)29(30)15-28(3,36)16-29/h4-14,36H,15-16,30H2,1-3H3. The number of aliphatic hydroxyl groups is 1. The number of fused-ring (bicyclic) bond motifs is 3. The number of rotatable bonds is 4. The molecule has 3 N–H and O–H groups in total. The van der Waals surface area contributed by atoms with Gasteiger partial charge in [0, 0.05) is 41.2 Å². The van der Waals surface area contributed by atoms with E-state index in [0.29, 0.717) is 24.2 Å². The molecule has 0 atom stereocenters. The van der Waals surface area contributed by atoms with Gasteiger partial charge in [0.15, 0.2) is 11.3 Å². The average molecular weight is 494 g/mol. The van der Waals surface area contributed by atoms with Crippen LogP contribution in [0.4, 0.5) is 0 Å². The maximum atomic E-state index is 11.6. The number of nitrogens with zero attached hydrogens (tertiary/aromatic N) is 4. The minimum atomic E-state index is -0.727. The smallest absolute Gasteiger partial charge is 0.308 e. The van der Waals surface area contributed by atoms with E-state index < -0.39 is 11.1 Å². The first kappa shape index (κ1) is 23.3. The Morgan fingerprint density at radius 2 is 1.84 bits per heavy atom. The summed E-state index contributed by atoms with van der Waals surface area (Å²) in [5, 5.41) is 15.7. The molecule has 1 saturated carbocycles. The lowest BCUT2D eigenvalue weighted by Gasteiger charge is -2.49. The minimum absolute atomic E-state index is 0.379. The van der Waals surface area contributed by atoms with Gasteiger partial charge in [-0.25, -0.2) is 9.97 Å². The molecule has 37 heavy (non-hydrogen) atoms. The van der Waals surface area contributed by atoms with Crippen LogP contribution in [0.2, 0.25) is 0 Å². The van der Waals surface area contributed by atoms with Crippen LogP contribution in [0.15, 0.2) is 66.9 Å². The van der Waals surface area contributed by atoms with Crippen molar-refractivity contribution >= 4 is 22.6 Å². The minimum Gasteiger partial charge on any atom is -0.427 e. The number of carbonyl (C=O) groups is 1. The van der Waals surface area contributed by atoms with E-state index in [4.69, 9.17) is 15.5 Å². The summed E-state index contributed by atoms with van der Waals surface area (Å²) in [6.07, 6.45) is 2.84. The second kappa shape index (κ2) is 8.19. The highest BCUT2D eigenvalue weighted by molar-refractivity contribution is 5.91. The van der Waals surface area contributed by atoms with Crippen molar-refractivity contribution in [1.29, 1.82) is 0 Å². The van der Waals surface area contributed by atoms with E-state index in [9.17, 15) is 9.90 Å². The molecular weight excluding hydrogens is 466 g/mol. The first-order valence-electron chi connectivity index (χ1n) is 12.2. The summed E-state index contributed by atoms with van der Waals surface area (Å²) in [6, 6.07) is 19.4. The number of carbonyl (C=O) groups excluding carboxylic acids is 1. The number of hydrogen-bond acceptors (Lipinski definition) is 7. The number of ether oxygens (including phenoxy) is 1. The van der Waals surface area contributed by atoms with Crippen LogP contribution in [-0.2, 0) is 10.3 Å². The maximum absolute atomic E-state index is 11.6. The van der Waals surface area contributed by atoms with Crippen molar-refractivity contribution in [2.75, 3.05) is 0 Å². The van der Waals surface area contributed by atoms with E-state index in [0.717, 1.165) is 44.7 Å². The molecule has 0 amide bonds. The van der Waals surface area contributed by atoms with Gasteiger partial charge in [-0.1, -0.05) is 36.4 Å². The summed E-state index contributed by atoms with van der Waals surface area (Å²) < 4.78 is 7.10. The molecule has 0 saturated heterocycles. The molecule has 186 valence electrons. The molecule has 1 aliphatic rings. The van der Waals surface area contributed by atoms with Gasteiger partial charge < -0.3 is 15.6 Å². The second-order valence-corrected chi connectivity index (χ2v) is 10.3. The number of nitrogens with two attached hydrogens (primary N) is 1. The molecule has 8 heteroatoms. The first-order valence-corrected chi connectivity index (χ1v) is 12.2. The SMILES string of the molecule is CC(=O)Oc1cccc(-c2cc3cnc4cc(C)nn4c3nc2-c2ccc(C3(N)CC(C)(O)C3)cc2)c1. The molecule has 3 heterocycles. The Labute approximate surface area is 213 Å². The fourth-order valence-corrected chi connectivity index (χ4v) is 5.46. The molecule has 5 aromatic rings. The Morgan fingerprint density at radius 1 is 1.08 bits per heavy atom. The fraction of sp³-hybridized carbons (Fsp3) is 0.241. The molecule has 0 spiro atoms. The zero-order chi connectivity index (χ0) is 25.9. The molecule has 0 radical (unpaired) electrons. The van der Waals surface area contributed by atoms with Gasteiger partial charge in [-0.05, 0) is 56.0 Å². The van der Waals surface area contributed by atoms with Gasteiger partial charge in [0.05, 0.1) is 17.0 Å². The highest BCUT2D eigenvalue weighted by Gasteiger charge is 2.49. The summed E-state index contributed by atoms with van der Waals surface area (Å²) in [4.78, 5) is 21.2. The Morgan fingerprint density at radius 3 is 2.54 bits per heavy atom. The second-order valence-electron chi connectivity index (χ2n) is 10.3. The molecule has 3 aromatic heterocycles. The van der Waals surface area contributed by atoms with Gasteiger partial charge in [-0.3, -0.25) is 4.79 Å². The van der Waals surface area contributed by atoms with Gasteiger partial charge in [0.1, 0.15) is 5.75 Å². The highest BCUT2D eigenvalue weighted by atomic mass is 16.5. The summed E-state index contributed by atoms with van der Waals surface area (Å²) >= 11 is 0. The maximum Gasteiger partial charge on any atom is 0.308 e. The topological polar surface area (TPSA) is 116 Å². The largest absolute Gasteiger partial charge is 0.427 e. The quantitative estimate of drug-likeness (QED) is 0.279. The van der Waals surface area contributed by atoms with Crippen molar-refractivity contribution in [1.82, 2.24) is 19.6 Å². The van der Waals surface area contributed by atoms with E-state index >= 15 is 0 Å². The van der Waals surface area contributed by atoms with Crippen molar-refractivity contribution in [2.45, 2.75) is 44.8 Å². The normalized spacial score (nSPS) is 21.2. The fourth-order valence-electron chi connectivity index (χ4n) is 5.46. The van der Waals surface area contributed by atoms with Crippen molar-refractivity contribution in [3.05, 3.63) is 78.1 Å². The van der Waals surface area contributed by atoms with Crippen molar-refractivity contribution in [2.24, 2.45) is 5.73 Å². The average Bonchev–Trinajstić information content (AvgIpc) is 3.22. The van der Waals surface area contributed by atoms with Crippen LogP contribution in [-0.4, -0.2) is 36.3 Å². The Hall–Kier alpha value is -4.14. The third-order valence-corrected chi connectivity index (χ3v) is 6.91. The summed E-state index contributed by atoms with van der Waals surface area (Å²) in [7, 11) is 0. The first-order chi connectivity index (χ1) is 17.6. The van der Waals surface area contributed by atoms with Crippen LogP contribution in [0.5, 0.6) is 5.75 Å². The van der Waals surface area contributed by atoms with Crippen LogP contribution in [0.1, 0.15) is 37.9 Å². The number of benzene rings is 2. The van der Waals surface area contributed by atoms with E-state index in [1.807, 2.05) is 68.4 Å². The molecule has 2 aromatic carbocycles. The lowest BCUT2D eigenvalue weighted by Crippen LogP contribution is -2.58. The molecule has 0 unspecified atom stereocenters. The highest BCUT2D eigenvalue weighted by Crippen LogP contribution is 2.46. The molecule has 8 nitrogen and oxygen atoms in total. The van der Waals surface area contributed by atoms with Crippen molar-refractivity contribution in [3.8, 4) is 28.1 Å². The van der Waals surface area contributed by atoms with Crippen LogP contribution in [0, 0.1) is 6.92 Å². The number of aromatic nitrogens is 4. The molecule has 1 fully saturated rings. The van der Waals surface area contributed by atoms with E-state index in [2.05, 4.69) is 10.1 Å². The zero-order valence-corrected chi connectivity index (χ0v) is 20.9. The molecule has 1 aliphatic carbocycles. The van der Waals surface area contributed by atoms with Gasteiger partial charge >= 0.3 is 5.97 Å². The van der Waals surface area contributed by atoms with Crippen molar-refractivity contribution < 1.29 is 14.6 Å². The molecular formula is C29H27N5O3. The number of esters is 1. The van der Waals surface area contributed by atoms with Crippen LogP contribution in [0.25, 0.3) is 39.1 Å². The van der Waals surface area contributed by atoms with E-state index in [1.165, 1.54) is 6.92 Å². The zero-order valence-electron chi connectivity index (χ0n) is 20.9. The Balaban J connectivity index is 1.52. The Bertz CT molecular complexity index is 1680. The molecule has 0 bridgehead atoms. The van der Waals surface area contributed by atoms with E-state index in [-0.39, 0.29) is 5.97 Å². The summed E-state index contributed by atoms with van der Waals surface area (Å²) in [6.45, 7) is 5.12. The Kier molecular flexibility index (Phi) is 5.15. The van der Waals surface area contributed by atoms with Crippen LogP contribution < -0.4 is 10.5 Å². The monoisotopic (exact) mass is 493 g/mol. The van der Waals surface area contributed by atoms with Crippen molar-refractivity contribution in [3.63, 3.8) is 0 Å². The lowest BCUT2D eigenvalue weighted by atomic mass is 9.63. The van der Waals surface area contributed by atoms with Gasteiger partial charge in [-0.15, -0.1) is 0 Å². The summed E-state index contributed by atoms with van der Waals surface area (Å²) in [5.74, 6) is 0.0840. The van der Waals surface area contributed by atoms with Gasteiger partial charge in [0.25, 0.3) is 0 Å². The van der Waals surface area contributed by atoms with Crippen LogP contribution >= 0.6 is 0 Å². The van der Waals surface area contributed by atoms with Gasteiger partial charge in [-0.2, -0.15) is 9.61 Å². The number of hydrogen-bond donors (Lipinski definition) is 2. The number of pyridine rings is 1. The third-order valence-electron chi connectivity index (χ3n) is 6.91. The predicted molar refractivity (Wildman–Crippen MR) is 141 cm³/mol. The lowest BCUT2D eigenvalue weighted by molar-refractivity contribution is -0.131.